The molecule has 4 nitrogen and oxygen atoms in total. The summed E-state index contributed by atoms with van der Waals surface area (Å²) in [7, 11) is -3.74. The molecule has 2 N–H and O–H groups in total. The van der Waals surface area contributed by atoms with Crippen LogP contribution < -0.4 is 10.0 Å². The summed E-state index contributed by atoms with van der Waals surface area (Å²) in [5.41, 5.74) is 8.22. The van der Waals surface area contributed by atoms with Gasteiger partial charge in [0.15, 0.2) is 0 Å². The maximum absolute atomic E-state index is 13.2. The number of halogens is 1. The Balaban J connectivity index is 2.14. The van der Waals surface area contributed by atoms with Gasteiger partial charge in [-0.3, -0.25) is 4.31 Å². The topological polar surface area (TPSA) is 63.4 Å². The Morgan fingerprint density at radius 1 is 1.24 bits per heavy atom. The summed E-state index contributed by atoms with van der Waals surface area (Å²) in [6, 6.07) is 9.05. The van der Waals surface area contributed by atoms with E-state index < -0.39 is 15.8 Å². The van der Waals surface area contributed by atoms with E-state index in [2.05, 4.69) is 0 Å². The van der Waals surface area contributed by atoms with Gasteiger partial charge >= 0.3 is 0 Å². The van der Waals surface area contributed by atoms with Crippen LogP contribution in [-0.2, 0) is 16.4 Å². The van der Waals surface area contributed by atoms with Crippen molar-refractivity contribution in [3.05, 3.63) is 53.3 Å². The van der Waals surface area contributed by atoms with Crippen LogP contribution in [0.25, 0.3) is 0 Å². The van der Waals surface area contributed by atoms with Crippen molar-refractivity contribution in [2.75, 3.05) is 16.6 Å². The van der Waals surface area contributed by atoms with Crippen LogP contribution >= 0.6 is 0 Å². The average molecular weight is 306 g/mol. The number of nitrogens with two attached hydrogens (primary N) is 1. The Bertz CT molecular complexity index is 818. The van der Waals surface area contributed by atoms with Crippen molar-refractivity contribution in [1.82, 2.24) is 0 Å². The highest BCUT2D eigenvalue weighted by Crippen LogP contribution is 2.37. The van der Waals surface area contributed by atoms with Crippen LogP contribution in [0, 0.1) is 12.7 Å². The summed E-state index contributed by atoms with van der Waals surface area (Å²) in [6.07, 6.45) is 0.625. The number of aryl methyl sites for hydroxylation is 1. The molecule has 0 amide bonds. The Kier molecular flexibility index (Phi) is 3.13. The molecular weight excluding hydrogens is 291 g/mol. The fraction of sp³-hybridized carbons (Fsp3) is 0.200. The molecule has 1 heterocycles. The average Bonchev–Trinajstić information content (AvgIpc) is 2.84. The van der Waals surface area contributed by atoms with Crippen LogP contribution in [0.2, 0.25) is 0 Å². The second-order valence-corrected chi connectivity index (χ2v) is 6.92. The lowest BCUT2D eigenvalue weighted by Gasteiger charge is -2.22. The molecule has 0 atom stereocenters. The van der Waals surface area contributed by atoms with Gasteiger partial charge in [-0.2, -0.15) is 0 Å². The van der Waals surface area contributed by atoms with Gasteiger partial charge in [0.2, 0.25) is 0 Å². The minimum absolute atomic E-state index is 0.111. The van der Waals surface area contributed by atoms with Crippen molar-refractivity contribution < 1.29 is 12.8 Å². The summed E-state index contributed by atoms with van der Waals surface area (Å²) in [6.45, 7) is 1.93. The van der Waals surface area contributed by atoms with Crippen LogP contribution in [0.1, 0.15) is 11.1 Å². The van der Waals surface area contributed by atoms with E-state index in [1.165, 1.54) is 16.4 Å². The summed E-state index contributed by atoms with van der Waals surface area (Å²) in [4.78, 5) is 0.111. The van der Waals surface area contributed by atoms with Crippen molar-refractivity contribution in [1.29, 1.82) is 0 Å². The Hall–Kier alpha value is -2.08. The zero-order chi connectivity index (χ0) is 15.2. The molecule has 0 radical (unpaired) electrons. The van der Waals surface area contributed by atoms with Crippen molar-refractivity contribution in [3.63, 3.8) is 0 Å². The van der Waals surface area contributed by atoms with Crippen molar-refractivity contribution in [2.24, 2.45) is 0 Å². The zero-order valence-electron chi connectivity index (χ0n) is 11.5. The van der Waals surface area contributed by atoms with Crippen LogP contribution in [0.3, 0.4) is 0 Å². The molecule has 0 aromatic heterocycles. The SMILES string of the molecule is Cc1cc(F)ccc1S(=O)(=O)N1CCc2cccc(N)c21. The van der Waals surface area contributed by atoms with E-state index in [4.69, 9.17) is 5.73 Å². The number of anilines is 2. The van der Waals surface area contributed by atoms with Gasteiger partial charge in [0.25, 0.3) is 10.0 Å². The van der Waals surface area contributed by atoms with E-state index in [-0.39, 0.29) is 4.90 Å². The van der Waals surface area contributed by atoms with Gasteiger partial charge in [-0.25, -0.2) is 12.8 Å². The van der Waals surface area contributed by atoms with Gasteiger partial charge in [0.05, 0.1) is 16.3 Å². The molecule has 0 aliphatic carbocycles. The second kappa shape index (κ2) is 4.73. The van der Waals surface area contributed by atoms with E-state index in [0.717, 1.165) is 11.6 Å². The third-order valence-electron chi connectivity index (χ3n) is 3.69. The number of rotatable bonds is 2. The molecule has 6 heteroatoms. The monoisotopic (exact) mass is 306 g/mol. The third-order valence-corrected chi connectivity index (χ3v) is 5.65. The maximum Gasteiger partial charge on any atom is 0.264 e. The van der Waals surface area contributed by atoms with Crippen molar-refractivity contribution in [3.8, 4) is 0 Å². The number of sulfonamides is 1. The van der Waals surface area contributed by atoms with Crippen LogP contribution in [0.15, 0.2) is 41.3 Å². The van der Waals surface area contributed by atoms with Crippen molar-refractivity contribution in [2.45, 2.75) is 18.2 Å². The van der Waals surface area contributed by atoms with E-state index in [0.29, 0.717) is 29.9 Å². The highest BCUT2D eigenvalue weighted by atomic mass is 32.2. The van der Waals surface area contributed by atoms with E-state index in [1.54, 1.807) is 13.0 Å². The van der Waals surface area contributed by atoms with E-state index in [1.807, 2.05) is 12.1 Å². The zero-order valence-corrected chi connectivity index (χ0v) is 12.3. The van der Waals surface area contributed by atoms with Crippen LogP contribution in [0.4, 0.5) is 15.8 Å². The molecular formula is C15H15FN2O2S. The van der Waals surface area contributed by atoms with Gasteiger partial charge < -0.3 is 5.73 Å². The molecule has 2 aromatic rings. The number of hydrogen-bond acceptors (Lipinski definition) is 3. The molecule has 110 valence electrons. The number of fused-ring (bicyclic) bond motifs is 1. The maximum atomic E-state index is 13.2. The first-order chi connectivity index (χ1) is 9.91. The molecule has 0 fully saturated rings. The summed E-state index contributed by atoms with van der Waals surface area (Å²) < 4.78 is 40.2. The number of benzene rings is 2. The lowest BCUT2D eigenvalue weighted by Crippen LogP contribution is -2.30. The summed E-state index contributed by atoms with van der Waals surface area (Å²) in [5, 5.41) is 0. The minimum atomic E-state index is -3.74. The van der Waals surface area contributed by atoms with Gasteiger partial charge in [0.1, 0.15) is 5.82 Å². The van der Waals surface area contributed by atoms with Gasteiger partial charge in [-0.05, 0) is 48.7 Å². The number of para-hydroxylation sites is 1. The first kappa shape index (κ1) is 13.9. The molecule has 0 saturated carbocycles. The molecule has 0 saturated heterocycles. The molecule has 2 aromatic carbocycles. The van der Waals surface area contributed by atoms with Crippen LogP contribution in [-0.4, -0.2) is 15.0 Å². The molecule has 3 rings (SSSR count). The van der Waals surface area contributed by atoms with Gasteiger partial charge in [0, 0.05) is 6.54 Å². The molecule has 0 spiro atoms. The molecule has 0 unspecified atom stereocenters. The first-order valence-corrected chi connectivity index (χ1v) is 8.01. The lowest BCUT2D eigenvalue weighted by molar-refractivity contribution is 0.590. The quantitative estimate of drug-likeness (QED) is 0.867. The van der Waals surface area contributed by atoms with Crippen molar-refractivity contribution >= 4 is 21.4 Å². The Morgan fingerprint density at radius 3 is 2.71 bits per heavy atom. The lowest BCUT2D eigenvalue weighted by atomic mass is 10.1. The minimum Gasteiger partial charge on any atom is -0.397 e. The number of nitrogen functional groups attached to an aromatic ring is 1. The van der Waals surface area contributed by atoms with E-state index >= 15 is 0 Å². The third kappa shape index (κ3) is 2.15. The Morgan fingerprint density at radius 2 is 2.00 bits per heavy atom. The highest BCUT2D eigenvalue weighted by Gasteiger charge is 2.33. The number of nitrogens with zero attached hydrogens (tertiary/aromatic N) is 1. The fourth-order valence-electron chi connectivity index (χ4n) is 2.71. The highest BCUT2D eigenvalue weighted by molar-refractivity contribution is 7.93. The second-order valence-electron chi connectivity index (χ2n) is 5.09. The van der Waals surface area contributed by atoms with E-state index in [9.17, 15) is 12.8 Å². The molecule has 1 aliphatic heterocycles. The Labute approximate surface area is 123 Å². The standard InChI is InChI=1S/C15H15FN2O2S/c1-10-9-12(16)5-6-14(10)21(19,20)18-8-7-11-3-2-4-13(17)15(11)18/h2-6,9H,7-8,17H2,1H3. The fourth-order valence-corrected chi connectivity index (χ4v) is 4.45. The summed E-state index contributed by atoms with van der Waals surface area (Å²) >= 11 is 0. The molecule has 1 aliphatic rings. The number of hydrogen-bond donors (Lipinski definition) is 1. The van der Waals surface area contributed by atoms with Gasteiger partial charge in [-0.15, -0.1) is 0 Å². The van der Waals surface area contributed by atoms with Gasteiger partial charge in [-0.1, -0.05) is 12.1 Å². The predicted octanol–water partition coefficient (Wildman–Crippen LogP) is 2.47. The summed E-state index contributed by atoms with van der Waals surface area (Å²) in [5.74, 6) is -0.451. The predicted molar refractivity (Wildman–Crippen MR) is 80.2 cm³/mol. The largest absolute Gasteiger partial charge is 0.397 e. The smallest absolute Gasteiger partial charge is 0.264 e. The van der Waals surface area contributed by atoms with Crippen LogP contribution in [0.5, 0.6) is 0 Å². The normalized spacial score (nSPS) is 14.3. The molecule has 0 bridgehead atoms. The molecule has 21 heavy (non-hydrogen) atoms. The first-order valence-electron chi connectivity index (χ1n) is 6.57.